The molecule has 5 nitrogen and oxygen atoms in total. The van der Waals surface area contributed by atoms with Crippen molar-refractivity contribution in [2.75, 3.05) is 19.7 Å². The Kier molecular flexibility index (Phi) is 6.98. The molecule has 3 atom stereocenters. The van der Waals surface area contributed by atoms with Gasteiger partial charge < -0.3 is 19.8 Å². The molecule has 3 unspecified atom stereocenters. The molecule has 1 saturated heterocycles. The van der Waals surface area contributed by atoms with Gasteiger partial charge in [0.15, 0.2) is 5.96 Å². The molecule has 2 fully saturated rings. The van der Waals surface area contributed by atoms with Gasteiger partial charge in [-0.25, -0.2) is 0 Å². The van der Waals surface area contributed by atoms with Crippen LogP contribution in [0.4, 0.5) is 0 Å². The minimum Gasteiger partial charge on any atom is -0.469 e. The summed E-state index contributed by atoms with van der Waals surface area (Å²) in [6.45, 7) is 9.28. The molecule has 3 rings (SSSR count). The van der Waals surface area contributed by atoms with Gasteiger partial charge in [-0.2, -0.15) is 0 Å². The minimum atomic E-state index is 0. The molecule has 2 N–H and O–H groups in total. The Balaban J connectivity index is 0.00000208. The summed E-state index contributed by atoms with van der Waals surface area (Å²) in [6, 6.07) is 4.37. The Morgan fingerprint density at radius 3 is 2.96 bits per heavy atom. The first-order valence-corrected chi connectivity index (χ1v) is 8.81. The Hall–Kier alpha value is -0.760. The predicted octanol–water partition coefficient (Wildman–Crippen LogP) is 3.20. The van der Waals surface area contributed by atoms with Crippen LogP contribution in [0, 0.1) is 11.3 Å². The molecular weight excluding hydrogens is 417 g/mol. The van der Waals surface area contributed by atoms with E-state index in [1.165, 1.54) is 0 Å². The van der Waals surface area contributed by atoms with Crippen molar-refractivity contribution >= 4 is 29.9 Å². The van der Waals surface area contributed by atoms with E-state index in [0.29, 0.717) is 18.1 Å². The maximum Gasteiger partial charge on any atom is 0.191 e. The van der Waals surface area contributed by atoms with E-state index in [4.69, 9.17) is 9.15 Å². The summed E-state index contributed by atoms with van der Waals surface area (Å²) in [4.78, 5) is 4.69. The van der Waals surface area contributed by atoms with Gasteiger partial charge in [0.05, 0.1) is 12.4 Å². The first-order chi connectivity index (χ1) is 11.1. The molecule has 0 radical (unpaired) electrons. The molecule has 1 saturated carbocycles. The van der Waals surface area contributed by atoms with E-state index in [9.17, 15) is 0 Å². The van der Waals surface area contributed by atoms with Crippen molar-refractivity contribution in [3.63, 3.8) is 0 Å². The molecule has 1 aromatic heterocycles. The summed E-state index contributed by atoms with van der Waals surface area (Å²) < 4.78 is 11.3. The van der Waals surface area contributed by atoms with E-state index in [1.54, 1.807) is 6.26 Å². The molecule has 1 aromatic rings. The molecule has 0 bridgehead atoms. The Labute approximate surface area is 162 Å². The van der Waals surface area contributed by atoms with Crippen LogP contribution in [-0.4, -0.2) is 37.8 Å². The number of fused-ring (bicyclic) bond motifs is 1. The molecule has 0 spiro atoms. The molecule has 6 heteroatoms. The quantitative estimate of drug-likeness (QED) is 0.400. The topological polar surface area (TPSA) is 58.8 Å². The number of halogens is 1. The van der Waals surface area contributed by atoms with Crippen LogP contribution in [-0.2, 0) is 11.2 Å². The molecular formula is C18H30IN3O2. The second kappa shape index (κ2) is 8.56. The number of hydrogen-bond acceptors (Lipinski definition) is 3. The zero-order chi connectivity index (χ0) is 16.3. The van der Waals surface area contributed by atoms with Crippen LogP contribution in [0.15, 0.2) is 27.8 Å². The van der Waals surface area contributed by atoms with Crippen LogP contribution < -0.4 is 10.6 Å². The SMILES string of the molecule is CCCN=C(NCCc1ccco1)NC1C2CCOC2C1(C)C.I. The number of guanidine groups is 1. The average Bonchev–Trinajstić information content (AvgIpc) is 3.19. The van der Waals surface area contributed by atoms with E-state index in [0.717, 1.165) is 50.7 Å². The summed E-state index contributed by atoms with van der Waals surface area (Å²) in [5.41, 5.74) is 0.164. The second-order valence-electron chi connectivity index (χ2n) is 7.17. The summed E-state index contributed by atoms with van der Waals surface area (Å²) in [7, 11) is 0. The predicted molar refractivity (Wildman–Crippen MR) is 107 cm³/mol. The van der Waals surface area contributed by atoms with Crippen LogP contribution in [0.2, 0.25) is 0 Å². The molecule has 1 aliphatic carbocycles. The zero-order valence-electron chi connectivity index (χ0n) is 14.9. The first-order valence-electron chi connectivity index (χ1n) is 8.81. The van der Waals surface area contributed by atoms with E-state index in [2.05, 4.69) is 36.4 Å². The van der Waals surface area contributed by atoms with Crippen molar-refractivity contribution in [2.24, 2.45) is 16.3 Å². The number of aliphatic imine (C=N–C) groups is 1. The second-order valence-corrected chi connectivity index (χ2v) is 7.17. The molecule has 0 amide bonds. The average molecular weight is 447 g/mol. The zero-order valence-corrected chi connectivity index (χ0v) is 17.2. The fourth-order valence-electron chi connectivity index (χ4n) is 3.90. The summed E-state index contributed by atoms with van der Waals surface area (Å²) in [5.74, 6) is 2.53. The van der Waals surface area contributed by atoms with Crippen molar-refractivity contribution in [3.8, 4) is 0 Å². The Bertz CT molecular complexity index is 530. The van der Waals surface area contributed by atoms with Gasteiger partial charge in [-0.1, -0.05) is 20.8 Å². The summed E-state index contributed by atoms with van der Waals surface area (Å²) in [5, 5.41) is 7.11. The lowest BCUT2D eigenvalue weighted by molar-refractivity contribution is -0.106. The third-order valence-electron chi connectivity index (χ3n) is 5.13. The maximum absolute atomic E-state index is 5.88. The molecule has 2 aliphatic rings. The van der Waals surface area contributed by atoms with E-state index in [1.807, 2.05) is 12.1 Å². The van der Waals surface area contributed by atoms with Crippen molar-refractivity contribution in [2.45, 2.75) is 52.2 Å². The van der Waals surface area contributed by atoms with Gasteiger partial charge in [0, 0.05) is 43.5 Å². The van der Waals surface area contributed by atoms with Crippen molar-refractivity contribution < 1.29 is 9.15 Å². The van der Waals surface area contributed by atoms with Crippen molar-refractivity contribution in [1.29, 1.82) is 0 Å². The van der Waals surface area contributed by atoms with Crippen molar-refractivity contribution in [3.05, 3.63) is 24.2 Å². The van der Waals surface area contributed by atoms with Crippen LogP contribution >= 0.6 is 24.0 Å². The monoisotopic (exact) mass is 447 g/mol. The van der Waals surface area contributed by atoms with Crippen LogP contribution in [0.25, 0.3) is 0 Å². The molecule has 0 aromatic carbocycles. The van der Waals surface area contributed by atoms with Gasteiger partial charge in [0.1, 0.15) is 5.76 Å². The number of nitrogens with zero attached hydrogens (tertiary/aromatic N) is 1. The van der Waals surface area contributed by atoms with Gasteiger partial charge in [-0.05, 0) is 25.0 Å². The number of hydrogen-bond donors (Lipinski definition) is 2. The van der Waals surface area contributed by atoms with Crippen LogP contribution in [0.5, 0.6) is 0 Å². The number of rotatable bonds is 6. The lowest BCUT2D eigenvalue weighted by atomic mass is 9.57. The first kappa shape index (κ1) is 19.6. The van der Waals surface area contributed by atoms with Gasteiger partial charge >= 0.3 is 0 Å². The molecule has 136 valence electrons. The molecule has 2 heterocycles. The normalized spacial score (nSPS) is 27.8. The highest BCUT2D eigenvalue weighted by molar-refractivity contribution is 14.0. The summed E-state index contributed by atoms with van der Waals surface area (Å²) in [6.07, 6.45) is 5.18. The lowest BCUT2D eigenvalue weighted by Crippen LogP contribution is -2.68. The third-order valence-corrected chi connectivity index (χ3v) is 5.13. The standard InChI is InChI=1S/C18H29N3O2.HI/c1-4-9-19-17(20-10-7-13-6-5-11-22-13)21-15-14-8-12-23-16(14)18(15,2)3;/h5-6,11,14-16H,4,7-10,12H2,1-3H3,(H2,19,20,21);1H. The molecule has 24 heavy (non-hydrogen) atoms. The van der Waals surface area contributed by atoms with E-state index in [-0.39, 0.29) is 29.4 Å². The highest BCUT2D eigenvalue weighted by atomic mass is 127. The highest BCUT2D eigenvalue weighted by Gasteiger charge is 2.59. The van der Waals surface area contributed by atoms with Crippen LogP contribution in [0.1, 0.15) is 39.4 Å². The fraction of sp³-hybridized carbons (Fsp3) is 0.722. The largest absolute Gasteiger partial charge is 0.469 e. The highest BCUT2D eigenvalue weighted by Crippen LogP contribution is 2.52. The lowest BCUT2D eigenvalue weighted by Gasteiger charge is -2.54. The van der Waals surface area contributed by atoms with E-state index >= 15 is 0 Å². The number of nitrogens with one attached hydrogen (secondary N) is 2. The number of ether oxygens (including phenoxy) is 1. The maximum atomic E-state index is 5.88. The van der Waals surface area contributed by atoms with Gasteiger partial charge in [-0.3, -0.25) is 4.99 Å². The Morgan fingerprint density at radius 1 is 1.42 bits per heavy atom. The van der Waals surface area contributed by atoms with Crippen LogP contribution in [0.3, 0.4) is 0 Å². The van der Waals surface area contributed by atoms with E-state index < -0.39 is 0 Å². The molecule has 1 aliphatic heterocycles. The number of furan rings is 1. The van der Waals surface area contributed by atoms with Gasteiger partial charge in [0.25, 0.3) is 0 Å². The smallest absolute Gasteiger partial charge is 0.191 e. The Morgan fingerprint density at radius 2 is 2.25 bits per heavy atom. The fourth-order valence-corrected chi connectivity index (χ4v) is 3.90. The van der Waals surface area contributed by atoms with Gasteiger partial charge in [0.2, 0.25) is 0 Å². The third kappa shape index (κ3) is 4.07. The summed E-state index contributed by atoms with van der Waals surface area (Å²) >= 11 is 0. The minimum absolute atomic E-state index is 0. The van der Waals surface area contributed by atoms with Gasteiger partial charge in [-0.15, -0.1) is 24.0 Å². The van der Waals surface area contributed by atoms with Crippen molar-refractivity contribution in [1.82, 2.24) is 10.6 Å².